The molecule has 1 saturated heterocycles. The molecule has 29 heavy (non-hydrogen) atoms. The number of rotatable bonds is 6. The third kappa shape index (κ3) is 4.94. The molecule has 2 aromatic rings. The average Bonchev–Trinajstić information content (AvgIpc) is 2.91. The molecule has 1 aliphatic heterocycles. The minimum Gasteiger partial charge on any atom is -0.493 e. The zero-order valence-electron chi connectivity index (χ0n) is 15.4. The van der Waals surface area contributed by atoms with Crippen molar-refractivity contribution in [1.82, 2.24) is 4.90 Å². The van der Waals surface area contributed by atoms with Crippen molar-refractivity contribution in [3.8, 4) is 11.5 Å². The van der Waals surface area contributed by atoms with Crippen LogP contribution in [0.5, 0.6) is 11.5 Å². The Bertz CT molecular complexity index is 873. The van der Waals surface area contributed by atoms with Crippen LogP contribution in [-0.2, 0) is 11.3 Å². The van der Waals surface area contributed by atoms with Crippen molar-refractivity contribution in [3.05, 3.63) is 58.6 Å². The molecule has 0 spiro atoms. The Kier molecular flexibility index (Phi) is 6.24. The van der Waals surface area contributed by atoms with Gasteiger partial charge < -0.3 is 19.5 Å². The number of hydrogen-bond donors (Lipinski definition) is 1. The highest BCUT2D eigenvalue weighted by Gasteiger charge is 2.41. The second-order valence-corrected chi connectivity index (χ2v) is 6.92. The molecule has 1 aliphatic rings. The van der Waals surface area contributed by atoms with Gasteiger partial charge in [-0.05, 0) is 36.8 Å². The first kappa shape index (κ1) is 21.3. The van der Waals surface area contributed by atoms with Crippen molar-refractivity contribution in [2.24, 2.45) is 0 Å². The van der Waals surface area contributed by atoms with Gasteiger partial charge in [0.25, 0.3) is 5.91 Å². The minimum atomic E-state index is -4.78. The van der Waals surface area contributed by atoms with E-state index in [0.29, 0.717) is 28.5 Å². The fourth-order valence-corrected chi connectivity index (χ4v) is 3.65. The van der Waals surface area contributed by atoms with Crippen LogP contribution >= 0.6 is 11.6 Å². The number of carbonyl (C=O) groups excluding carboxylic acids is 1. The van der Waals surface area contributed by atoms with Crippen molar-refractivity contribution in [2.75, 3.05) is 6.61 Å². The molecule has 0 radical (unpaired) electrons. The SMILES string of the molecule is CCOc1cccc(Cl)c1C1CC(O)C(=O)N1Cc1ccc(OC(F)(F)F)cc1. The number of aliphatic hydroxyl groups is 1. The summed E-state index contributed by atoms with van der Waals surface area (Å²) in [6, 6.07) is 9.84. The maximum atomic E-state index is 12.5. The quantitative estimate of drug-likeness (QED) is 0.736. The summed E-state index contributed by atoms with van der Waals surface area (Å²) in [7, 11) is 0. The van der Waals surface area contributed by atoms with Gasteiger partial charge in [0, 0.05) is 23.6 Å². The molecule has 0 aliphatic carbocycles. The van der Waals surface area contributed by atoms with Gasteiger partial charge in [-0.15, -0.1) is 13.2 Å². The second kappa shape index (κ2) is 8.51. The fraction of sp³-hybridized carbons (Fsp3) is 0.350. The normalized spacial score (nSPS) is 19.5. The van der Waals surface area contributed by atoms with Crippen LogP contribution in [0.25, 0.3) is 0 Å². The van der Waals surface area contributed by atoms with E-state index >= 15 is 0 Å². The van der Waals surface area contributed by atoms with Gasteiger partial charge >= 0.3 is 6.36 Å². The van der Waals surface area contributed by atoms with E-state index in [-0.39, 0.29) is 18.7 Å². The van der Waals surface area contributed by atoms with Crippen LogP contribution in [-0.4, -0.2) is 35.0 Å². The number of alkyl halides is 3. The molecule has 2 atom stereocenters. The Labute approximate surface area is 170 Å². The predicted octanol–water partition coefficient (Wildman–Crippen LogP) is 4.47. The van der Waals surface area contributed by atoms with Crippen molar-refractivity contribution in [1.29, 1.82) is 0 Å². The molecule has 0 saturated carbocycles. The van der Waals surface area contributed by atoms with Crippen LogP contribution in [0, 0.1) is 0 Å². The summed E-state index contributed by atoms with van der Waals surface area (Å²) >= 11 is 6.37. The number of amides is 1. The molecule has 1 N–H and O–H groups in total. The summed E-state index contributed by atoms with van der Waals surface area (Å²) in [4.78, 5) is 14.0. The molecule has 2 unspecified atom stereocenters. The van der Waals surface area contributed by atoms with Crippen molar-refractivity contribution in [3.63, 3.8) is 0 Å². The summed E-state index contributed by atoms with van der Waals surface area (Å²) in [6.45, 7) is 2.31. The molecule has 0 bridgehead atoms. The Morgan fingerprint density at radius 2 is 1.90 bits per heavy atom. The van der Waals surface area contributed by atoms with E-state index in [1.54, 1.807) is 18.2 Å². The Balaban J connectivity index is 1.87. The number of halogens is 4. The van der Waals surface area contributed by atoms with Crippen LogP contribution in [0.3, 0.4) is 0 Å². The van der Waals surface area contributed by atoms with Gasteiger partial charge in [-0.1, -0.05) is 29.8 Å². The van der Waals surface area contributed by atoms with E-state index in [0.717, 1.165) is 0 Å². The van der Waals surface area contributed by atoms with Crippen LogP contribution in [0.2, 0.25) is 5.02 Å². The molecule has 9 heteroatoms. The number of benzene rings is 2. The lowest BCUT2D eigenvalue weighted by atomic mass is 10.0. The van der Waals surface area contributed by atoms with Gasteiger partial charge in [-0.2, -0.15) is 0 Å². The van der Waals surface area contributed by atoms with Crippen LogP contribution in [0.4, 0.5) is 13.2 Å². The number of likely N-dealkylation sites (tertiary alicyclic amines) is 1. The third-order valence-electron chi connectivity index (χ3n) is 4.55. The highest BCUT2D eigenvalue weighted by Crippen LogP contribution is 2.42. The van der Waals surface area contributed by atoms with Crippen LogP contribution < -0.4 is 9.47 Å². The largest absolute Gasteiger partial charge is 0.573 e. The lowest BCUT2D eigenvalue weighted by molar-refractivity contribution is -0.274. The number of aliphatic hydroxyl groups excluding tert-OH is 1. The van der Waals surface area contributed by atoms with E-state index in [9.17, 15) is 23.1 Å². The second-order valence-electron chi connectivity index (χ2n) is 6.51. The number of nitrogens with zero attached hydrogens (tertiary/aromatic N) is 1. The van der Waals surface area contributed by atoms with Crippen molar-refractivity contribution in [2.45, 2.75) is 38.4 Å². The summed E-state index contributed by atoms with van der Waals surface area (Å²) in [6.07, 6.45) is -5.84. The van der Waals surface area contributed by atoms with Gasteiger partial charge in [0.05, 0.1) is 12.6 Å². The summed E-state index contributed by atoms with van der Waals surface area (Å²) in [5.41, 5.74) is 1.18. The molecule has 156 valence electrons. The molecular weight excluding hydrogens is 411 g/mol. The zero-order valence-corrected chi connectivity index (χ0v) is 16.2. The maximum absolute atomic E-state index is 12.5. The van der Waals surface area contributed by atoms with Gasteiger partial charge in [0.2, 0.25) is 0 Å². The van der Waals surface area contributed by atoms with Crippen LogP contribution in [0.1, 0.15) is 30.5 Å². The first-order chi connectivity index (χ1) is 13.7. The summed E-state index contributed by atoms with van der Waals surface area (Å²) in [5.74, 6) is -0.311. The number of hydrogen-bond acceptors (Lipinski definition) is 4. The zero-order chi connectivity index (χ0) is 21.2. The predicted molar refractivity (Wildman–Crippen MR) is 99.7 cm³/mol. The minimum absolute atomic E-state index is 0.0870. The monoisotopic (exact) mass is 429 g/mol. The lowest BCUT2D eigenvalue weighted by Gasteiger charge is -2.27. The number of carbonyl (C=O) groups is 1. The molecule has 3 rings (SSSR count). The third-order valence-corrected chi connectivity index (χ3v) is 4.88. The van der Waals surface area contributed by atoms with Gasteiger partial charge in [0.15, 0.2) is 0 Å². The van der Waals surface area contributed by atoms with Gasteiger partial charge in [-0.3, -0.25) is 4.79 Å². The van der Waals surface area contributed by atoms with Gasteiger partial charge in [0.1, 0.15) is 17.6 Å². The summed E-state index contributed by atoms with van der Waals surface area (Å²) < 4.78 is 46.4. The number of ether oxygens (including phenoxy) is 2. The highest BCUT2D eigenvalue weighted by atomic mass is 35.5. The first-order valence-corrected chi connectivity index (χ1v) is 9.32. The molecule has 2 aromatic carbocycles. The molecule has 1 amide bonds. The fourth-order valence-electron chi connectivity index (χ4n) is 3.36. The Morgan fingerprint density at radius 3 is 2.52 bits per heavy atom. The molecule has 0 aromatic heterocycles. The van der Waals surface area contributed by atoms with E-state index in [1.165, 1.54) is 29.2 Å². The molecule has 1 heterocycles. The first-order valence-electron chi connectivity index (χ1n) is 8.94. The molecule has 1 fully saturated rings. The van der Waals surface area contributed by atoms with E-state index in [1.807, 2.05) is 6.92 Å². The van der Waals surface area contributed by atoms with E-state index < -0.39 is 24.4 Å². The average molecular weight is 430 g/mol. The Morgan fingerprint density at radius 1 is 1.21 bits per heavy atom. The topological polar surface area (TPSA) is 59.0 Å². The van der Waals surface area contributed by atoms with Crippen LogP contribution in [0.15, 0.2) is 42.5 Å². The van der Waals surface area contributed by atoms with E-state index in [2.05, 4.69) is 4.74 Å². The Hall–Kier alpha value is -2.45. The standard InChI is InChI=1S/C20H19ClF3NO4/c1-2-28-17-5-3-4-14(21)18(17)15-10-16(26)19(27)25(15)11-12-6-8-13(9-7-12)29-20(22,23)24/h3-9,15-16,26H,2,10-11H2,1H3. The molecular formula is C20H19ClF3NO4. The summed E-state index contributed by atoms with van der Waals surface area (Å²) in [5, 5.41) is 10.5. The van der Waals surface area contributed by atoms with Gasteiger partial charge in [-0.25, -0.2) is 0 Å². The maximum Gasteiger partial charge on any atom is 0.573 e. The van der Waals surface area contributed by atoms with Crippen molar-refractivity contribution >= 4 is 17.5 Å². The van der Waals surface area contributed by atoms with E-state index in [4.69, 9.17) is 16.3 Å². The van der Waals surface area contributed by atoms with Crippen molar-refractivity contribution < 1.29 is 32.5 Å². The smallest absolute Gasteiger partial charge is 0.493 e. The lowest BCUT2D eigenvalue weighted by Crippen LogP contribution is -2.30. The molecule has 5 nitrogen and oxygen atoms in total. The highest BCUT2D eigenvalue weighted by molar-refractivity contribution is 6.31.